The van der Waals surface area contributed by atoms with Gasteiger partial charge >= 0.3 is 0 Å². The third-order valence-electron chi connectivity index (χ3n) is 5.85. The van der Waals surface area contributed by atoms with Crippen molar-refractivity contribution in [2.24, 2.45) is 5.92 Å². The Labute approximate surface area is 192 Å². The maximum Gasteiger partial charge on any atom is 0.287 e. The highest BCUT2D eigenvalue weighted by Gasteiger charge is 2.25. The summed E-state index contributed by atoms with van der Waals surface area (Å²) in [5, 5.41) is 7.95. The van der Waals surface area contributed by atoms with E-state index in [1.54, 1.807) is 29.9 Å². The van der Waals surface area contributed by atoms with Gasteiger partial charge in [0.25, 0.3) is 5.56 Å². The molecule has 0 aliphatic carbocycles. The molecule has 0 saturated carbocycles. The van der Waals surface area contributed by atoms with Crippen molar-refractivity contribution in [1.29, 1.82) is 0 Å². The van der Waals surface area contributed by atoms with Gasteiger partial charge in [-0.05, 0) is 55.7 Å². The van der Waals surface area contributed by atoms with E-state index >= 15 is 0 Å². The highest BCUT2D eigenvalue weighted by molar-refractivity contribution is 7.97. The molecular weight excluding hydrogens is 436 g/mol. The first-order valence-electron chi connectivity index (χ1n) is 10.8. The van der Waals surface area contributed by atoms with Gasteiger partial charge in [0.2, 0.25) is 0 Å². The fourth-order valence-corrected chi connectivity index (χ4v) is 5.32. The Balaban J connectivity index is 1.35. The molecule has 2 aromatic rings. The number of aromatic nitrogens is 2. The normalized spacial score (nSPS) is 20.5. The summed E-state index contributed by atoms with van der Waals surface area (Å²) in [5.41, 5.74) is 0.389. The quantitative estimate of drug-likeness (QED) is 0.619. The molecule has 168 valence electrons. The largest absolute Gasteiger partial charge is 0.496 e. The number of halogens is 1. The van der Waals surface area contributed by atoms with E-state index in [9.17, 15) is 4.79 Å². The van der Waals surface area contributed by atoms with Crippen LogP contribution in [0.1, 0.15) is 31.7 Å². The van der Waals surface area contributed by atoms with Crippen LogP contribution in [-0.2, 0) is 4.74 Å². The number of ether oxygens (including phenoxy) is 2. The molecule has 1 atom stereocenters. The Morgan fingerprint density at radius 2 is 2.10 bits per heavy atom. The van der Waals surface area contributed by atoms with Gasteiger partial charge in [0.1, 0.15) is 10.8 Å². The summed E-state index contributed by atoms with van der Waals surface area (Å²) in [6.07, 6.45) is 5.58. The van der Waals surface area contributed by atoms with Crippen molar-refractivity contribution in [3.63, 3.8) is 0 Å². The van der Waals surface area contributed by atoms with E-state index in [2.05, 4.69) is 20.8 Å². The molecule has 2 aliphatic rings. The monoisotopic (exact) mass is 464 g/mol. The van der Waals surface area contributed by atoms with E-state index in [0.29, 0.717) is 11.6 Å². The predicted molar refractivity (Wildman–Crippen MR) is 124 cm³/mol. The molecule has 0 spiro atoms. The first-order valence-corrected chi connectivity index (χ1v) is 12.0. The van der Waals surface area contributed by atoms with Gasteiger partial charge in [0.15, 0.2) is 0 Å². The summed E-state index contributed by atoms with van der Waals surface area (Å²) in [6.45, 7) is 4.05. The lowest BCUT2D eigenvalue weighted by molar-refractivity contribution is 0.0595. The van der Waals surface area contributed by atoms with E-state index in [1.807, 2.05) is 18.2 Å². The van der Waals surface area contributed by atoms with Crippen molar-refractivity contribution in [3.05, 3.63) is 45.8 Å². The van der Waals surface area contributed by atoms with Crippen LogP contribution < -0.4 is 15.6 Å². The van der Waals surface area contributed by atoms with Crippen molar-refractivity contribution in [1.82, 2.24) is 14.1 Å². The molecule has 1 N–H and O–H groups in total. The van der Waals surface area contributed by atoms with Crippen LogP contribution in [0.3, 0.4) is 0 Å². The Hall–Kier alpha value is -1.74. The maximum absolute atomic E-state index is 12.9. The van der Waals surface area contributed by atoms with Crippen molar-refractivity contribution in [2.45, 2.75) is 36.6 Å². The Morgan fingerprint density at radius 3 is 2.84 bits per heavy atom. The second kappa shape index (κ2) is 10.7. The van der Waals surface area contributed by atoms with Crippen LogP contribution in [0.4, 0.5) is 5.69 Å². The summed E-state index contributed by atoms with van der Waals surface area (Å²) in [4.78, 5) is 14.0. The lowest BCUT2D eigenvalue weighted by atomic mass is 10.0. The maximum atomic E-state index is 12.9. The molecule has 2 fully saturated rings. The summed E-state index contributed by atoms with van der Waals surface area (Å²) < 4.78 is 14.8. The number of benzene rings is 1. The minimum atomic E-state index is -0.220. The number of nitrogens with zero attached hydrogens (tertiary/aromatic N) is 3. The Bertz CT molecular complexity index is 927. The third-order valence-corrected chi connectivity index (χ3v) is 7.37. The molecule has 4 rings (SSSR count). The Morgan fingerprint density at radius 1 is 1.29 bits per heavy atom. The van der Waals surface area contributed by atoms with Crippen LogP contribution in [0, 0.1) is 5.92 Å². The zero-order chi connectivity index (χ0) is 21.6. The summed E-state index contributed by atoms with van der Waals surface area (Å²) >= 11 is 8.11. The molecule has 9 heteroatoms. The topological polar surface area (TPSA) is 68.6 Å². The van der Waals surface area contributed by atoms with Gasteiger partial charge in [-0.25, -0.2) is 8.99 Å². The zero-order valence-corrected chi connectivity index (χ0v) is 19.3. The molecule has 1 unspecified atom stereocenters. The van der Waals surface area contributed by atoms with E-state index in [-0.39, 0.29) is 16.6 Å². The fraction of sp³-hybridized carbons (Fsp3) is 0.545. The third kappa shape index (κ3) is 5.55. The summed E-state index contributed by atoms with van der Waals surface area (Å²) in [7, 11) is 1.69. The zero-order valence-electron chi connectivity index (χ0n) is 17.8. The van der Waals surface area contributed by atoms with Crippen LogP contribution >= 0.6 is 23.5 Å². The minimum absolute atomic E-state index is 0.0558. The van der Waals surface area contributed by atoms with Gasteiger partial charge in [-0.2, -0.15) is 5.10 Å². The van der Waals surface area contributed by atoms with Crippen LogP contribution in [0.15, 0.2) is 40.2 Å². The van der Waals surface area contributed by atoms with Gasteiger partial charge in [0, 0.05) is 26.2 Å². The van der Waals surface area contributed by atoms with Gasteiger partial charge in [-0.15, -0.1) is 0 Å². The van der Waals surface area contributed by atoms with Gasteiger partial charge in [-0.1, -0.05) is 23.7 Å². The van der Waals surface area contributed by atoms with Gasteiger partial charge in [0.05, 0.1) is 36.5 Å². The van der Waals surface area contributed by atoms with Crippen molar-refractivity contribution < 1.29 is 9.47 Å². The van der Waals surface area contributed by atoms with Gasteiger partial charge in [-0.3, -0.25) is 4.79 Å². The molecule has 7 nitrogen and oxygen atoms in total. The molecule has 0 amide bonds. The number of methoxy groups -OCH3 is 1. The first-order chi connectivity index (χ1) is 15.2. The SMILES string of the molecule is COc1ccccc1SN1CCC(n2ncc(NCC3CCCOC3)c(Cl)c2=O)CC1. The summed E-state index contributed by atoms with van der Waals surface area (Å²) in [5.74, 6) is 1.32. The number of para-hydroxylation sites is 1. The first kappa shape index (κ1) is 22.5. The molecule has 1 aromatic carbocycles. The highest BCUT2D eigenvalue weighted by Crippen LogP contribution is 2.34. The predicted octanol–water partition coefficient (Wildman–Crippen LogP) is 4.09. The van der Waals surface area contributed by atoms with E-state index in [4.69, 9.17) is 21.1 Å². The molecule has 31 heavy (non-hydrogen) atoms. The van der Waals surface area contributed by atoms with Crippen LogP contribution in [-0.4, -0.2) is 54.0 Å². The Kier molecular flexibility index (Phi) is 7.76. The molecule has 3 heterocycles. The smallest absolute Gasteiger partial charge is 0.287 e. The average molecular weight is 465 g/mol. The molecule has 2 saturated heterocycles. The number of hydrogen-bond donors (Lipinski definition) is 1. The highest BCUT2D eigenvalue weighted by atomic mass is 35.5. The molecule has 0 bridgehead atoms. The van der Waals surface area contributed by atoms with Crippen molar-refractivity contribution >= 4 is 29.2 Å². The van der Waals surface area contributed by atoms with Crippen LogP contribution in [0.2, 0.25) is 5.02 Å². The van der Waals surface area contributed by atoms with E-state index in [1.165, 1.54) is 0 Å². The molecule has 2 aliphatic heterocycles. The number of nitrogens with one attached hydrogen (secondary N) is 1. The number of piperidine rings is 1. The summed E-state index contributed by atoms with van der Waals surface area (Å²) in [6, 6.07) is 8.07. The van der Waals surface area contributed by atoms with E-state index in [0.717, 1.165) is 69.2 Å². The minimum Gasteiger partial charge on any atom is -0.496 e. The number of rotatable bonds is 7. The van der Waals surface area contributed by atoms with E-state index < -0.39 is 0 Å². The van der Waals surface area contributed by atoms with Gasteiger partial charge < -0.3 is 14.8 Å². The molecule has 1 aromatic heterocycles. The number of anilines is 1. The molecular formula is C22H29ClN4O3S. The van der Waals surface area contributed by atoms with Crippen LogP contribution in [0.25, 0.3) is 0 Å². The fourth-order valence-electron chi connectivity index (χ4n) is 4.06. The second-order valence-corrected chi connectivity index (χ2v) is 9.51. The number of hydrogen-bond acceptors (Lipinski definition) is 7. The average Bonchev–Trinajstić information content (AvgIpc) is 2.82. The van der Waals surface area contributed by atoms with Crippen LogP contribution in [0.5, 0.6) is 5.75 Å². The van der Waals surface area contributed by atoms with Crippen molar-refractivity contribution in [3.8, 4) is 5.75 Å². The lowest BCUT2D eigenvalue weighted by Gasteiger charge is -2.31. The standard InChI is InChI=1S/C22H29ClN4O3S/c1-29-19-6-2-3-7-20(19)31-26-10-8-17(9-11-26)27-22(28)21(23)18(14-25-27)24-13-16-5-4-12-30-15-16/h2-3,6-7,14,16-17,24H,4-5,8-13,15H2,1H3. The van der Waals surface area contributed by atoms with Crippen molar-refractivity contribution in [2.75, 3.05) is 45.3 Å². The second-order valence-electron chi connectivity index (χ2n) is 7.99. The molecule has 0 radical (unpaired) electrons. The lowest BCUT2D eigenvalue weighted by Crippen LogP contribution is -2.36.